The highest BCUT2D eigenvalue weighted by Gasteiger charge is 2.16. The lowest BCUT2D eigenvalue weighted by atomic mass is 10.1. The molecular weight excluding hydrogens is 474 g/mol. The van der Waals surface area contributed by atoms with Gasteiger partial charge in [0.05, 0.1) is 13.2 Å². The normalized spacial score (nSPS) is 10.4. The largest absolute Gasteiger partial charge is 0.494 e. The van der Waals surface area contributed by atoms with Gasteiger partial charge in [0.2, 0.25) is 5.91 Å². The Morgan fingerprint density at radius 2 is 1.50 bits per heavy atom. The third-order valence-electron chi connectivity index (χ3n) is 6.05. The number of rotatable bonds is 12. The second-order valence-corrected chi connectivity index (χ2v) is 8.83. The molecule has 0 radical (unpaired) electrons. The molecule has 0 unspecified atom stereocenters. The Hall–Kier alpha value is -4.58. The van der Waals surface area contributed by atoms with E-state index in [4.69, 9.17) is 4.74 Å². The number of carbonyl (C=O) groups is 2. The van der Waals surface area contributed by atoms with E-state index in [0.29, 0.717) is 24.4 Å². The fourth-order valence-corrected chi connectivity index (χ4v) is 4.10. The number of para-hydroxylation sites is 1. The van der Waals surface area contributed by atoms with E-state index in [9.17, 15) is 9.59 Å². The Morgan fingerprint density at radius 3 is 2.21 bits per heavy atom. The third kappa shape index (κ3) is 7.71. The smallest absolute Gasteiger partial charge is 0.258 e. The molecule has 0 bridgehead atoms. The van der Waals surface area contributed by atoms with Gasteiger partial charge in [-0.15, -0.1) is 0 Å². The third-order valence-corrected chi connectivity index (χ3v) is 6.05. The van der Waals surface area contributed by atoms with Gasteiger partial charge in [0.15, 0.2) is 0 Å². The molecule has 0 aliphatic carbocycles. The number of nitrogens with zero attached hydrogens (tertiary/aromatic N) is 1. The van der Waals surface area contributed by atoms with Gasteiger partial charge < -0.3 is 20.3 Å². The number of hydrogen-bond donors (Lipinski definition) is 2. The van der Waals surface area contributed by atoms with Gasteiger partial charge in [0, 0.05) is 29.2 Å². The van der Waals surface area contributed by atoms with E-state index in [-0.39, 0.29) is 18.4 Å². The molecule has 0 atom stereocenters. The molecule has 0 aromatic heterocycles. The van der Waals surface area contributed by atoms with Gasteiger partial charge in [-0.1, -0.05) is 54.6 Å². The molecule has 38 heavy (non-hydrogen) atoms. The quantitative estimate of drug-likeness (QED) is 0.217. The van der Waals surface area contributed by atoms with Crippen molar-refractivity contribution in [3.63, 3.8) is 0 Å². The minimum absolute atomic E-state index is 0.0978. The van der Waals surface area contributed by atoms with E-state index in [1.807, 2.05) is 79.7 Å². The number of benzene rings is 4. The molecule has 6 nitrogen and oxygen atoms in total. The average molecular weight is 508 g/mol. The lowest BCUT2D eigenvalue weighted by molar-refractivity contribution is -0.114. The summed E-state index contributed by atoms with van der Waals surface area (Å²) in [5, 5.41) is 5.99. The van der Waals surface area contributed by atoms with Crippen LogP contribution < -0.4 is 20.3 Å². The standard InChI is InChI=1S/C32H33N3O3/c1-2-35(29-16-7-4-8-17-29)32(37)26-14-9-15-28(23-26)34-31(36)24-33-27-18-20-30(21-19-27)38-22-10-13-25-11-5-3-6-12-25/h3-9,11-12,14-21,23,33H,2,10,13,22,24H2,1H3,(H,34,36). The van der Waals surface area contributed by atoms with Crippen LogP contribution in [0.25, 0.3) is 0 Å². The zero-order chi connectivity index (χ0) is 26.6. The van der Waals surface area contributed by atoms with Gasteiger partial charge in [0.1, 0.15) is 5.75 Å². The summed E-state index contributed by atoms with van der Waals surface area (Å²) in [6.07, 6.45) is 1.93. The Balaban J connectivity index is 1.23. The van der Waals surface area contributed by atoms with Crippen molar-refractivity contribution in [1.82, 2.24) is 0 Å². The first-order chi connectivity index (χ1) is 18.6. The molecule has 2 N–H and O–H groups in total. The molecular formula is C32H33N3O3. The van der Waals surface area contributed by atoms with Crippen molar-refractivity contribution in [1.29, 1.82) is 0 Å². The summed E-state index contributed by atoms with van der Waals surface area (Å²) in [5.41, 5.74) is 4.05. The maximum atomic E-state index is 13.1. The predicted molar refractivity (Wildman–Crippen MR) is 154 cm³/mol. The van der Waals surface area contributed by atoms with Gasteiger partial charge in [-0.25, -0.2) is 0 Å². The van der Waals surface area contributed by atoms with Crippen molar-refractivity contribution in [2.24, 2.45) is 0 Å². The summed E-state index contributed by atoms with van der Waals surface area (Å²) in [5.74, 6) is 0.479. The van der Waals surface area contributed by atoms with Crippen molar-refractivity contribution >= 4 is 28.9 Å². The van der Waals surface area contributed by atoms with Gasteiger partial charge >= 0.3 is 0 Å². The summed E-state index contributed by atoms with van der Waals surface area (Å²) >= 11 is 0. The number of ether oxygens (including phenoxy) is 1. The van der Waals surface area contributed by atoms with Crippen molar-refractivity contribution in [2.45, 2.75) is 19.8 Å². The number of hydrogen-bond acceptors (Lipinski definition) is 4. The van der Waals surface area contributed by atoms with E-state index >= 15 is 0 Å². The summed E-state index contributed by atoms with van der Waals surface area (Å²) in [6, 6.07) is 34.5. The number of amides is 2. The lowest BCUT2D eigenvalue weighted by Gasteiger charge is -2.21. The zero-order valence-corrected chi connectivity index (χ0v) is 21.6. The highest BCUT2D eigenvalue weighted by Crippen LogP contribution is 2.19. The van der Waals surface area contributed by atoms with Crippen LogP contribution in [0.3, 0.4) is 0 Å². The zero-order valence-electron chi connectivity index (χ0n) is 21.6. The number of carbonyl (C=O) groups excluding carboxylic acids is 2. The van der Waals surface area contributed by atoms with Crippen LogP contribution in [0, 0.1) is 0 Å². The maximum Gasteiger partial charge on any atom is 0.258 e. The molecule has 0 fully saturated rings. The molecule has 4 rings (SSSR count). The Bertz CT molecular complexity index is 1310. The average Bonchev–Trinajstić information content (AvgIpc) is 2.96. The van der Waals surface area contributed by atoms with E-state index in [2.05, 4.69) is 22.8 Å². The summed E-state index contributed by atoms with van der Waals surface area (Å²) < 4.78 is 5.83. The van der Waals surface area contributed by atoms with Crippen molar-refractivity contribution in [2.75, 3.05) is 35.2 Å². The monoisotopic (exact) mass is 507 g/mol. The second kappa shape index (κ2) is 13.7. The molecule has 2 amide bonds. The van der Waals surface area contributed by atoms with Crippen LogP contribution in [0.2, 0.25) is 0 Å². The fraction of sp³-hybridized carbons (Fsp3) is 0.188. The van der Waals surface area contributed by atoms with E-state index in [0.717, 1.165) is 30.0 Å². The van der Waals surface area contributed by atoms with Crippen molar-refractivity contribution in [3.8, 4) is 5.75 Å². The SMILES string of the molecule is CCN(C(=O)c1cccc(NC(=O)CNc2ccc(OCCCc3ccccc3)cc2)c1)c1ccccc1. The van der Waals surface area contributed by atoms with Crippen molar-refractivity contribution in [3.05, 3.63) is 120 Å². The molecule has 0 heterocycles. The minimum atomic E-state index is -0.203. The van der Waals surface area contributed by atoms with Crippen LogP contribution in [0.5, 0.6) is 5.75 Å². The maximum absolute atomic E-state index is 13.1. The molecule has 0 aliphatic rings. The summed E-state index contributed by atoms with van der Waals surface area (Å²) in [7, 11) is 0. The highest BCUT2D eigenvalue weighted by atomic mass is 16.5. The van der Waals surface area contributed by atoms with Gasteiger partial charge in [-0.05, 0) is 79.9 Å². The fourth-order valence-electron chi connectivity index (χ4n) is 4.10. The summed E-state index contributed by atoms with van der Waals surface area (Å²) in [4.78, 5) is 27.3. The first kappa shape index (κ1) is 26.5. The number of anilines is 3. The van der Waals surface area contributed by atoms with Crippen LogP contribution in [0.15, 0.2) is 109 Å². The van der Waals surface area contributed by atoms with Crippen LogP contribution >= 0.6 is 0 Å². The topological polar surface area (TPSA) is 70.7 Å². The Labute approximate surface area is 224 Å². The van der Waals surface area contributed by atoms with Crippen LogP contribution in [-0.4, -0.2) is 31.5 Å². The number of aryl methyl sites for hydroxylation is 1. The van der Waals surface area contributed by atoms with Crippen LogP contribution in [0.4, 0.5) is 17.1 Å². The second-order valence-electron chi connectivity index (χ2n) is 8.83. The van der Waals surface area contributed by atoms with Crippen LogP contribution in [-0.2, 0) is 11.2 Å². The molecule has 6 heteroatoms. The number of nitrogens with one attached hydrogen (secondary N) is 2. The molecule has 0 saturated carbocycles. The van der Waals surface area contributed by atoms with Gasteiger partial charge in [-0.2, -0.15) is 0 Å². The first-order valence-electron chi connectivity index (χ1n) is 12.9. The Morgan fingerprint density at radius 1 is 0.789 bits per heavy atom. The molecule has 0 aliphatic heterocycles. The van der Waals surface area contributed by atoms with E-state index < -0.39 is 0 Å². The minimum Gasteiger partial charge on any atom is -0.494 e. The van der Waals surface area contributed by atoms with Crippen LogP contribution in [0.1, 0.15) is 29.3 Å². The Kier molecular flexibility index (Phi) is 9.51. The van der Waals surface area contributed by atoms with Crippen molar-refractivity contribution < 1.29 is 14.3 Å². The van der Waals surface area contributed by atoms with E-state index in [1.54, 1.807) is 29.2 Å². The molecule has 194 valence electrons. The van der Waals surface area contributed by atoms with Gasteiger partial charge in [0.25, 0.3) is 5.91 Å². The van der Waals surface area contributed by atoms with E-state index in [1.165, 1.54) is 5.56 Å². The predicted octanol–water partition coefficient (Wildman–Crippen LogP) is 6.42. The lowest BCUT2D eigenvalue weighted by Crippen LogP contribution is -2.30. The first-order valence-corrected chi connectivity index (χ1v) is 12.9. The molecule has 0 spiro atoms. The molecule has 4 aromatic rings. The summed E-state index contributed by atoms with van der Waals surface area (Å²) in [6.45, 7) is 3.22. The van der Waals surface area contributed by atoms with Gasteiger partial charge in [-0.3, -0.25) is 9.59 Å². The molecule has 0 saturated heterocycles. The molecule has 4 aromatic carbocycles. The highest BCUT2D eigenvalue weighted by molar-refractivity contribution is 6.07.